The molecule has 3 aromatic carbocycles. The summed E-state index contributed by atoms with van der Waals surface area (Å²) in [5.74, 6) is 3.28. The van der Waals surface area contributed by atoms with Gasteiger partial charge >= 0.3 is 5.97 Å². The quantitative estimate of drug-likeness (QED) is 0.0975. The molecular formula is C32H32ClNO4. The van der Waals surface area contributed by atoms with E-state index in [1.807, 2.05) is 81.4 Å². The van der Waals surface area contributed by atoms with Crippen LogP contribution in [0.15, 0.2) is 89.4 Å². The summed E-state index contributed by atoms with van der Waals surface area (Å²) >= 11 is 6.09. The van der Waals surface area contributed by atoms with Gasteiger partial charge in [0.15, 0.2) is 11.3 Å². The molecule has 0 saturated carbocycles. The van der Waals surface area contributed by atoms with Gasteiger partial charge < -0.3 is 19.2 Å². The zero-order valence-corrected chi connectivity index (χ0v) is 23.1. The molecule has 5 nitrogen and oxygen atoms in total. The smallest absolute Gasteiger partial charge is 0.350 e. The Bertz CT molecular complexity index is 1350. The van der Waals surface area contributed by atoms with Crippen LogP contribution in [0.4, 0.5) is 0 Å². The Kier molecular flexibility index (Phi) is 12.4. The first-order valence-electron chi connectivity index (χ1n) is 11.9. The Morgan fingerprint density at radius 1 is 1.00 bits per heavy atom. The third kappa shape index (κ3) is 8.69. The molecule has 0 bridgehead atoms. The summed E-state index contributed by atoms with van der Waals surface area (Å²) in [5.41, 5.74) is 3.36. The van der Waals surface area contributed by atoms with Crippen molar-refractivity contribution in [1.29, 1.82) is 0 Å². The molecule has 0 aliphatic heterocycles. The lowest BCUT2D eigenvalue weighted by molar-refractivity contribution is -0.135. The highest BCUT2D eigenvalue weighted by Crippen LogP contribution is 2.34. The molecule has 0 amide bonds. The number of nitrogens with zero attached hydrogens (tertiary/aromatic N) is 1. The molecule has 0 spiro atoms. The van der Waals surface area contributed by atoms with Crippen molar-refractivity contribution in [3.63, 3.8) is 0 Å². The summed E-state index contributed by atoms with van der Waals surface area (Å²) in [7, 11) is 3.04. The third-order valence-corrected chi connectivity index (χ3v) is 5.61. The van der Waals surface area contributed by atoms with Gasteiger partial charge in [-0.05, 0) is 80.1 Å². The van der Waals surface area contributed by atoms with Crippen LogP contribution in [0.1, 0.15) is 37.5 Å². The van der Waals surface area contributed by atoms with Crippen LogP contribution in [0.25, 0.3) is 11.3 Å². The average molecular weight is 530 g/mol. The predicted molar refractivity (Wildman–Crippen MR) is 156 cm³/mol. The predicted octanol–water partition coefficient (Wildman–Crippen LogP) is 8.00. The Hall–Kier alpha value is -4.27. The van der Waals surface area contributed by atoms with Crippen molar-refractivity contribution in [2.24, 2.45) is 4.99 Å². The van der Waals surface area contributed by atoms with Gasteiger partial charge in [0.2, 0.25) is 0 Å². The number of allylic oxidation sites excluding steroid dienone is 2. The summed E-state index contributed by atoms with van der Waals surface area (Å²) in [5, 5.41) is 0.579. The van der Waals surface area contributed by atoms with Crippen molar-refractivity contribution in [1.82, 2.24) is 0 Å². The van der Waals surface area contributed by atoms with Crippen LogP contribution in [0.5, 0.6) is 11.5 Å². The lowest BCUT2D eigenvalue weighted by atomic mass is 9.96. The van der Waals surface area contributed by atoms with E-state index >= 15 is 0 Å². The number of methoxy groups -OCH3 is 1. The van der Waals surface area contributed by atoms with Crippen LogP contribution < -0.4 is 4.74 Å². The Morgan fingerprint density at radius 2 is 1.68 bits per heavy atom. The molecule has 0 aliphatic carbocycles. The van der Waals surface area contributed by atoms with Gasteiger partial charge in [-0.15, -0.1) is 6.42 Å². The van der Waals surface area contributed by atoms with Gasteiger partial charge in [0.25, 0.3) is 0 Å². The van der Waals surface area contributed by atoms with Gasteiger partial charge in [0, 0.05) is 17.6 Å². The van der Waals surface area contributed by atoms with Crippen LogP contribution in [0.3, 0.4) is 0 Å². The molecule has 0 heterocycles. The van der Waals surface area contributed by atoms with Crippen LogP contribution in [-0.4, -0.2) is 26.3 Å². The molecule has 196 valence electrons. The number of benzene rings is 3. The van der Waals surface area contributed by atoms with Crippen molar-refractivity contribution in [2.45, 2.75) is 27.4 Å². The number of esters is 1. The summed E-state index contributed by atoms with van der Waals surface area (Å²) in [4.78, 5) is 16.1. The molecule has 0 atom stereocenters. The molecule has 0 N–H and O–H groups in total. The van der Waals surface area contributed by atoms with E-state index in [0.29, 0.717) is 22.1 Å². The first-order valence-corrected chi connectivity index (χ1v) is 12.3. The summed E-state index contributed by atoms with van der Waals surface area (Å²) in [6, 6.07) is 22.3. The number of hydrogen-bond donors (Lipinski definition) is 0. The van der Waals surface area contributed by atoms with Crippen molar-refractivity contribution in [2.75, 3.05) is 14.2 Å². The van der Waals surface area contributed by atoms with Crippen molar-refractivity contribution >= 4 is 35.1 Å². The van der Waals surface area contributed by atoms with E-state index in [2.05, 4.69) is 10.9 Å². The topological polar surface area (TPSA) is 57.1 Å². The summed E-state index contributed by atoms with van der Waals surface area (Å²) in [6.07, 6.45) is 9.43. The molecule has 0 unspecified atom stereocenters. The van der Waals surface area contributed by atoms with E-state index in [4.69, 9.17) is 32.2 Å². The molecule has 0 radical (unpaired) electrons. The van der Waals surface area contributed by atoms with Crippen molar-refractivity contribution in [3.8, 4) is 23.8 Å². The highest BCUT2D eigenvalue weighted by atomic mass is 35.5. The fraction of sp³-hybridized carbons (Fsp3) is 0.188. The van der Waals surface area contributed by atoms with Crippen molar-refractivity contribution in [3.05, 3.63) is 106 Å². The van der Waals surface area contributed by atoms with Crippen LogP contribution >= 0.6 is 11.6 Å². The highest BCUT2D eigenvalue weighted by molar-refractivity contribution is 6.30. The Morgan fingerprint density at radius 3 is 2.26 bits per heavy atom. The van der Waals surface area contributed by atoms with Crippen LogP contribution in [-0.2, 0) is 20.9 Å². The normalized spacial score (nSPS) is 11.6. The number of carbonyl (C=O) groups is 1. The minimum atomic E-state index is -0.645. The van der Waals surface area contributed by atoms with Gasteiger partial charge in [-0.2, -0.15) is 0 Å². The maximum Gasteiger partial charge on any atom is 0.350 e. The van der Waals surface area contributed by atoms with Gasteiger partial charge in [-0.25, -0.2) is 4.79 Å². The molecule has 0 aromatic heterocycles. The standard InChI is InChI=1S/C29H25ClO4.C3H7N/c1-5-20(3)27-18-24(34-23-14-10-13-22(30)17-23)15-16-26(27)28(25(6-2)29(31)32-4)33-19-21-11-8-7-9-12-21;1-3-4-2/h2,5,7-18H,19H2,1,3-4H3;3H,1-2H3/b20-5-,28-25-;. The fourth-order valence-electron chi connectivity index (χ4n) is 3.27. The van der Waals surface area contributed by atoms with E-state index in [0.717, 1.165) is 16.7 Å². The van der Waals surface area contributed by atoms with E-state index in [1.165, 1.54) is 7.11 Å². The maximum atomic E-state index is 12.5. The highest BCUT2D eigenvalue weighted by Gasteiger charge is 2.21. The van der Waals surface area contributed by atoms with E-state index < -0.39 is 5.97 Å². The lowest BCUT2D eigenvalue weighted by Crippen LogP contribution is -2.09. The van der Waals surface area contributed by atoms with Gasteiger partial charge in [-0.3, -0.25) is 0 Å². The second-order valence-electron chi connectivity index (χ2n) is 7.87. The molecule has 6 heteroatoms. The second-order valence-corrected chi connectivity index (χ2v) is 8.31. The van der Waals surface area contributed by atoms with Crippen LogP contribution in [0, 0.1) is 12.3 Å². The monoisotopic (exact) mass is 529 g/mol. The Labute approximate surface area is 230 Å². The van der Waals surface area contributed by atoms with Gasteiger partial charge in [0.1, 0.15) is 18.1 Å². The van der Waals surface area contributed by atoms with E-state index in [-0.39, 0.29) is 17.9 Å². The Balaban J connectivity index is 0.00000118. The molecule has 0 aliphatic rings. The minimum Gasteiger partial charge on any atom is -0.487 e. The average Bonchev–Trinajstić information content (AvgIpc) is 2.95. The number of terminal acetylenes is 1. The summed E-state index contributed by atoms with van der Waals surface area (Å²) < 4.78 is 17.1. The zero-order chi connectivity index (χ0) is 27.9. The first kappa shape index (κ1) is 30.0. The number of rotatable bonds is 8. The SMILES string of the molecule is C#C/C(C(=O)OC)=C(/OCc1ccccc1)c1ccc(Oc2cccc(Cl)c2)cc1/C(C)=C\C.CC=NC. The van der Waals surface area contributed by atoms with E-state index in [1.54, 1.807) is 31.5 Å². The summed E-state index contributed by atoms with van der Waals surface area (Å²) in [6.45, 7) is 6.01. The number of halogens is 1. The van der Waals surface area contributed by atoms with Crippen LogP contribution in [0.2, 0.25) is 5.02 Å². The molecule has 3 rings (SSSR count). The number of carbonyl (C=O) groups excluding carboxylic acids is 1. The van der Waals surface area contributed by atoms with Gasteiger partial charge in [-0.1, -0.05) is 60.0 Å². The molecule has 0 saturated heterocycles. The van der Waals surface area contributed by atoms with Crippen molar-refractivity contribution < 1.29 is 19.0 Å². The number of ether oxygens (including phenoxy) is 3. The second kappa shape index (κ2) is 15.8. The maximum absolute atomic E-state index is 12.5. The molecule has 0 fully saturated rings. The minimum absolute atomic E-state index is 0.00657. The lowest BCUT2D eigenvalue weighted by Gasteiger charge is -2.18. The number of hydrogen-bond acceptors (Lipinski definition) is 5. The molecule has 38 heavy (non-hydrogen) atoms. The molecule has 3 aromatic rings. The van der Waals surface area contributed by atoms with E-state index in [9.17, 15) is 4.79 Å². The fourth-order valence-corrected chi connectivity index (χ4v) is 3.45. The van der Waals surface area contributed by atoms with Gasteiger partial charge in [0.05, 0.1) is 7.11 Å². The molecular weight excluding hydrogens is 498 g/mol. The third-order valence-electron chi connectivity index (χ3n) is 5.37. The zero-order valence-electron chi connectivity index (χ0n) is 22.3. The number of aliphatic imine (C=N–C) groups is 1. The first-order chi connectivity index (χ1) is 18.4. The largest absolute Gasteiger partial charge is 0.487 e.